The van der Waals surface area contributed by atoms with Gasteiger partial charge in [-0.1, -0.05) is 27.7 Å². The molecule has 2 atom stereocenters. The predicted molar refractivity (Wildman–Crippen MR) is 60.4 cm³/mol. The average Bonchev–Trinajstić information content (AvgIpc) is 2.11. The number of carbonyl (C=O) groups excluding carboxylic acids is 1. The molecular formula is C12H23NO2. The fourth-order valence-electron chi connectivity index (χ4n) is 1.80. The first-order valence-electron chi connectivity index (χ1n) is 5.79. The van der Waals surface area contributed by atoms with E-state index in [0.717, 1.165) is 19.4 Å². The Labute approximate surface area is 92.5 Å². The highest BCUT2D eigenvalue weighted by molar-refractivity contribution is 5.79. The lowest BCUT2D eigenvalue weighted by Crippen LogP contribution is -2.47. The van der Waals surface area contributed by atoms with Crippen LogP contribution in [0.15, 0.2) is 0 Å². The number of β-amino-alcohol motifs (C(OH)–C–C–N with tert-alkyl or cyclic N) is 1. The maximum atomic E-state index is 11.8. The summed E-state index contributed by atoms with van der Waals surface area (Å²) in [4.78, 5) is 13.6. The van der Waals surface area contributed by atoms with Gasteiger partial charge in [0.1, 0.15) is 0 Å². The summed E-state index contributed by atoms with van der Waals surface area (Å²) >= 11 is 0. The van der Waals surface area contributed by atoms with Crippen LogP contribution in [0, 0.1) is 11.3 Å². The first-order chi connectivity index (χ1) is 6.82. The Balaban J connectivity index is 2.54. The number of carbonyl (C=O) groups is 1. The van der Waals surface area contributed by atoms with Gasteiger partial charge in [0.15, 0.2) is 0 Å². The van der Waals surface area contributed by atoms with E-state index in [4.69, 9.17) is 0 Å². The van der Waals surface area contributed by atoms with Crippen LogP contribution in [0.25, 0.3) is 0 Å². The van der Waals surface area contributed by atoms with Crippen LogP contribution >= 0.6 is 0 Å². The molecule has 0 bridgehead atoms. The fourth-order valence-corrected chi connectivity index (χ4v) is 1.80. The number of hydrogen-bond donors (Lipinski definition) is 1. The molecule has 0 aromatic carbocycles. The smallest absolute Gasteiger partial charge is 0.225 e. The molecule has 3 heteroatoms. The summed E-state index contributed by atoms with van der Waals surface area (Å²) in [6.45, 7) is 9.24. The fraction of sp³-hybridized carbons (Fsp3) is 0.917. The third-order valence-corrected chi connectivity index (χ3v) is 3.19. The molecule has 2 unspecified atom stereocenters. The second kappa shape index (κ2) is 4.52. The summed E-state index contributed by atoms with van der Waals surface area (Å²) < 4.78 is 0. The van der Waals surface area contributed by atoms with Gasteiger partial charge in [-0.05, 0) is 18.3 Å². The molecule has 1 aliphatic rings. The number of aliphatic hydroxyl groups excluding tert-OH is 1. The Morgan fingerprint density at radius 3 is 2.67 bits per heavy atom. The van der Waals surface area contributed by atoms with Crippen LogP contribution in [0.1, 0.15) is 40.5 Å². The highest BCUT2D eigenvalue weighted by atomic mass is 16.3. The number of hydrogen-bond acceptors (Lipinski definition) is 2. The van der Waals surface area contributed by atoms with Gasteiger partial charge in [0, 0.05) is 19.0 Å². The van der Waals surface area contributed by atoms with Gasteiger partial charge in [-0.15, -0.1) is 0 Å². The molecule has 0 saturated carbocycles. The van der Waals surface area contributed by atoms with Crippen molar-refractivity contribution in [2.75, 3.05) is 13.1 Å². The molecule has 0 aromatic rings. The highest BCUT2D eigenvalue weighted by Crippen LogP contribution is 2.23. The van der Waals surface area contributed by atoms with E-state index in [0.29, 0.717) is 6.54 Å². The van der Waals surface area contributed by atoms with Crippen LogP contribution in [0.3, 0.4) is 0 Å². The molecule has 1 N–H and O–H groups in total. The van der Waals surface area contributed by atoms with Crippen molar-refractivity contribution in [2.24, 2.45) is 11.3 Å². The second-order valence-electron chi connectivity index (χ2n) is 5.71. The van der Waals surface area contributed by atoms with Gasteiger partial charge in [-0.3, -0.25) is 4.79 Å². The number of piperidine rings is 1. The third kappa shape index (κ3) is 3.20. The van der Waals surface area contributed by atoms with E-state index in [9.17, 15) is 9.90 Å². The number of aliphatic hydroxyl groups is 1. The Kier molecular flexibility index (Phi) is 3.77. The van der Waals surface area contributed by atoms with Crippen LogP contribution in [0.5, 0.6) is 0 Å². The molecule has 15 heavy (non-hydrogen) atoms. The summed E-state index contributed by atoms with van der Waals surface area (Å²) in [5.41, 5.74) is -0.152. The molecular weight excluding hydrogens is 190 g/mol. The normalized spacial score (nSPS) is 25.5. The quantitative estimate of drug-likeness (QED) is 0.757. The maximum absolute atomic E-state index is 11.8. The van der Waals surface area contributed by atoms with Crippen molar-refractivity contribution < 1.29 is 9.90 Å². The zero-order valence-electron chi connectivity index (χ0n) is 10.3. The summed E-state index contributed by atoms with van der Waals surface area (Å²) in [6.07, 6.45) is 1.61. The molecule has 88 valence electrons. The minimum Gasteiger partial charge on any atom is -0.391 e. The van der Waals surface area contributed by atoms with E-state index in [1.165, 1.54) is 0 Å². The van der Waals surface area contributed by atoms with Gasteiger partial charge in [-0.25, -0.2) is 0 Å². The monoisotopic (exact) mass is 213 g/mol. The van der Waals surface area contributed by atoms with Gasteiger partial charge in [0.2, 0.25) is 5.91 Å². The standard InChI is InChI=1S/C12H23NO2/c1-9-6-5-7-13(11(9)15)8-10(14)12(2,3)4/h9-10,14H,5-8H2,1-4H3. The number of amides is 1. The first-order valence-corrected chi connectivity index (χ1v) is 5.79. The summed E-state index contributed by atoms with van der Waals surface area (Å²) in [5, 5.41) is 9.95. The van der Waals surface area contributed by atoms with Crippen LogP contribution in [-0.4, -0.2) is 35.1 Å². The molecule has 1 heterocycles. The third-order valence-electron chi connectivity index (χ3n) is 3.19. The van der Waals surface area contributed by atoms with Crippen LogP contribution in [-0.2, 0) is 4.79 Å². The van der Waals surface area contributed by atoms with E-state index < -0.39 is 6.10 Å². The summed E-state index contributed by atoms with van der Waals surface area (Å²) in [6, 6.07) is 0. The topological polar surface area (TPSA) is 40.5 Å². The molecule has 1 aliphatic heterocycles. The molecule has 1 fully saturated rings. The minimum atomic E-state index is -0.438. The van der Waals surface area contributed by atoms with Gasteiger partial charge >= 0.3 is 0 Å². The van der Waals surface area contributed by atoms with E-state index >= 15 is 0 Å². The lowest BCUT2D eigenvalue weighted by Gasteiger charge is -2.35. The van der Waals surface area contributed by atoms with E-state index in [1.54, 1.807) is 0 Å². The molecule has 0 radical (unpaired) electrons. The molecule has 0 spiro atoms. The maximum Gasteiger partial charge on any atom is 0.225 e. The zero-order chi connectivity index (χ0) is 11.6. The lowest BCUT2D eigenvalue weighted by atomic mass is 9.88. The van der Waals surface area contributed by atoms with Crippen LogP contribution < -0.4 is 0 Å². The number of nitrogens with zero attached hydrogens (tertiary/aromatic N) is 1. The average molecular weight is 213 g/mol. The van der Waals surface area contributed by atoms with Crippen molar-refractivity contribution in [2.45, 2.75) is 46.6 Å². The predicted octanol–water partition coefficient (Wildman–Crippen LogP) is 1.65. The zero-order valence-corrected chi connectivity index (χ0v) is 10.3. The van der Waals surface area contributed by atoms with Crippen molar-refractivity contribution in [3.05, 3.63) is 0 Å². The van der Waals surface area contributed by atoms with Gasteiger partial charge in [0.05, 0.1) is 6.10 Å². The molecule has 0 aliphatic carbocycles. The number of rotatable bonds is 2. The lowest BCUT2D eigenvalue weighted by molar-refractivity contribution is -0.140. The SMILES string of the molecule is CC1CCCN(CC(O)C(C)(C)C)C1=O. The Morgan fingerprint density at radius 1 is 1.53 bits per heavy atom. The molecule has 3 nitrogen and oxygen atoms in total. The van der Waals surface area contributed by atoms with Crippen molar-refractivity contribution in [1.82, 2.24) is 4.90 Å². The van der Waals surface area contributed by atoms with E-state index in [1.807, 2.05) is 32.6 Å². The Morgan fingerprint density at radius 2 is 2.13 bits per heavy atom. The van der Waals surface area contributed by atoms with Crippen molar-refractivity contribution in [1.29, 1.82) is 0 Å². The summed E-state index contributed by atoms with van der Waals surface area (Å²) in [5.74, 6) is 0.329. The van der Waals surface area contributed by atoms with Gasteiger partial charge in [-0.2, -0.15) is 0 Å². The second-order valence-corrected chi connectivity index (χ2v) is 5.71. The minimum absolute atomic E-state index is 0.130. The number of likely N-dealkylation sites (tertiary alicyclic amines) is 1. The largest absolute Gasteiger partial charge is 0.391 e. The highest BCUT2D eigenvalue weighted by Gasteiger charge is 2.30. The van der Waals surface area contributed by atoms with Crippen molar-refractivity contribution in [3.8, 4) is 0 Å². The first kappa shape index (κ1) is 12.5. The van der Waals surface area contributed by atoms with Crippen molar-refractivity contribution >= 4 is 5.91 Å². The summed E-state index contributed by atoms with van der Waals surface area (Å²) in [7, 11) is 0. The molecule has 0 aromatic heterocycles. The Hall–Kier alpha value is -0.570. The van der Waals surface area contributed by atoms with Gasteiger partial charge < -0.3 is 10.0 Å². The van der Waals surface area contributed by atoms with Gasteiger partial charge in [0.25, 0.3) is 0 Å². The molecule has 1 rings (SSSR count). The molecule has 1 saturated heterocycles. The molecule has 1 amide bonds. The van der Waals surface area contributed by atoms with Crippen LogP contribution in [0.4, 0.5) is 0 Å². The van der Waals surface area contributed by atoms with Crippen molar-refractivity contribution in [3.63, 3.8) is 0 Å². The van der Waals surface area contributed by atoms with E-state index in [-0.39, 0.29) is 17.2 Å². The Bertz CT molecular complexity index is 232. The van der Waals surface area contributed by atoms with E-state index in [2.05, 4.69) is 0 Å². The van der Waals surface area contributed by atoms with Crippen LogP contribution in [0.2, 0.25) is 0 Å².